The summed E-state index contributed by atoms with van der Waals surface area (Å²) in [6.45, 7) is 16.6. The molecule has 2 aromatic rings. The molecule has 0 amide bonds. The fraction of sp³-hybridized carbons (Fsp3) is 0.520. The summed E-state index contributed by atoms with van der Waals surface area (Å²) in [7, 11) is 0. The summed E-state index contributed by atoms with van der Waals surface area (Å²) < 4.78 is 0. The second-order valence-corrected chi connectivity index (χ2v) is 9.24. The Morgan fingerprint density at radius 1 is 0.846 bits per heavy atom. The summed E-state index contributed by atoms with van der Waals surface area (Å²) in [4.78, 5) is 2.75. The number of benzene rings is 2. The molecule has 2 unspecified atom stereocenters. The second-order valence-electron chi connectivity index (χ2n) is 9.24. The number of anilines is 1. The van der Waals surface area contributed by atoms with Gasteiger partial charge in [0.2, 0.25) is 0 Å². The molecule has 140 valence electrons. The minimum atomic E-state index is 0.147. The molecular weight excluding hydrogens is 314 g/mol. The number of hydrogen-bond donors (Lipinski definition) is 0. The van der Waals surface area contributed by atoms with Crippen molar-refractivity contribution in [1.82, 2.24) is 0 Å². The third-order valence-electron chi connectivity index (χ3n) is 6.17. The van der Waals surface area contributed by atoms with Crippen LogP contribution in [0.15, 0.2) is 48.5 Å². The van der Waals surface area contributed by atoms with Gasteiger partial charge in [0.25, 0.3) is 0 Å². The normalized spacial score (nSPS) is 22.4. The van der Waals surface area contributed by atoms with Gasteiger partial charge in [-0.15, -0.1) is 0 Å². The molecule has 0 spiro atoms. The Bertz CT molecular complexity index is 716. The summed E-state index contributed by atoms with van der Waals surface area (Å²) in [6, 6.07) is 18.5. The molecule has 0 N–H and O–H groups in total. The Kier molecular flexibility index (Phi) is 5.19. The quantitative estimate of drug-likeness (QED) is 0.569. The third-order valence-corrected chi connectivity index (χ3v) is 6.17. The molecule has 3 rings (SSSR count). The van der Waals surface area contributed by atoms with E-state index < -0.39 is 0 Å². The van der Waals surface area contributed by atoms with Crippen molar-refractivity contribution in [2.24, 2.45) is 0 Å². The zero-order valence-electron chi connectivity index (χ0n) is 17.6. The van der Waals surface area contributed by atoms with Gasteiger partial charge in [-0.05, 0) is 55.7 Å². The predicted molar refractivity (Wildman–Crippen MR) is 114 cm³/mol. The zero-order valence-corrected chi connectivity index (χ0v) is 17.6. The number of rotatable bonds is 4. The molecule has 2 atom stereocenters. The van der Waals surface area contributed by atoms with Crippen molar-refractivity contribution >= 4 is 5.69 Å². The Labute approximate surface area is 160 Å². The Morgan fingerprint density at radius 3 is 1.88 bits per heavy atom. The highest BCUT2D eigenvalue weighted by Crippen LogP contribution is 2.49. The van der Waals surface area contributed by atoms with Crippen molar-refractivity contribution < 1.29 is 0 Å². The minimum absolute atomic E-state index is 0.147. The Hall–Kier alpha value is -1.76. The molecule has 1 fully saturated rings. The molecule has 0 saturated carbocycles. The summed E-state index contributed by atoms with van der Waals surface area (Å²) in [5.74, 6) is 1.64. The van der Waals surface area contributed by atoms with Crippen LogP contribution in [0, 0.1) is 0 Å². The van der Waals surface area contributed by atoms with E-state index in [0.717, 1.165) is 0 Å². The van der Waals surface area contributed by atoms with Crippen LogP contribution in [0.5, 0.6) is 0 Å². The maximum Gasteiger partial charge on any atom is 0.0443 e. The highest BCUT2D eigenvalue weighted by Gasteiger charge is 2.45. The number of nitrogens with zero attached hydrogens (tertiary/aromatic N) is 1. The van der Waals surface area contributed by atoms with E-state index in [1.807, 2.05) is 0 Å². The molecule has 2 aromatic carbocycles. The van der Waals surface area contributed by atoms with Crippen molar-refractivity contribution in [3.8, 4) is 0 Å². The van der Waals surface area contributed by atoms with Gasteiger partial charge in [0.05, 0.1) is 0 Å². The van der Waals surface area contributed by atoms with Crippen LogP contribution in [-0.4, -0.2) is 11.6 Å². The fourth-order valence-electron chi connectivity index (χ4n) is 4.93. The lowest BCUT2D eigenvalue weighted by molar-refractivity contribution is 0.499. The van der Waals surface area contributed by atoms with Crippen LogP contribution in [0.25, 0.3) is 0 Å². The maximum absolute atomic E-state index is 2.75. The fourth-order valence-corrected chi connectivity index (χ4v) is 4.93. The van der Waals surface area contributed by atoms with Crippen LogP contribution in [0.3, 0.4) is 0 Å². The van der Waals surface area contributed by atoms with Gasteiger partial charge in [-0.3, -0.25) is 0 Å². The standard InChI is InChI=1S/C25H35N/c1-17(2)21-14-11-15-22(18(3)4)24(21)26-19(5)23(16-25(26,6)7)20-12-9-8-10-13-20/h8-15,17-19,23H,16H2,1-7H3. The van der Waals surface area contributed by atoms with E-state index in [4.69, 9.17) is 0 Å². The first-order valence-corrected chi connectivity index (χ1v) is 10.2. The van der Waals surface area contributed by atoms with E-state index in [9.17, 15) is 0 Å². The molecule has 0 aliphatic carbocycles. The van der Waals surface area contributed by atoms with E-state index in [0.29, 0.717) is 23.8 Å². The Balaban J connectivity index is 2.14. The van der Waals surface area contributed by atoms with E-state index >= 15 is 0 Å². The zero-order chi connectivity index (χ0) is 19.1. The van der Waals surface area contributed by atoms with Crippen molar-refractivity contribution in [1.29, 1.82) is 0 Å². The lowest BCUT2D eigenvalue weighted by atomic mass is 9.88. The van der Waals surface area contributed by atoms with E-state index in [1.54, 1.807) is 0 Å². The largest absolute Gasteiger partial charge is 0.363 e. The smallest absolute Gasteiger partial charge is 0.0443 e. The second kappa shape index (κ2) is 7.10. The first kappa shape index (κ1) is 19.0. The van der Waals surface area contributed by atoms with Crippen LogP contribution in [0.4, 0.5) is 5.69 Å². The molecule has 1 nitrogen and oxygen atoms in total. The molecule has 26 heavy (non-hydrogen) atoms. The van der Waals surface area contributed by atoms with E-state index in [2.05, 4.69) is 102 Å². The molecule has 0 bridgehead atoms. The molecule has 1 aliphatic rings. The molecule has 0 aromatic heterocycles. The lowest BCUT2D eigenvalue weighted by Gasteiger charge is -2.41. The van der Waals surface area contributed by atoms with Gasteiger partial charge in [-0.1, -0.05) is 76.2 Å². The Morgan fingerprint density at radius 2 is 1.38 bits per heavy atom. The van der Waals surface area contributed by atoms with Gasteiger partial charge in [-0.2, -0.15) is 0 Å². The van der Waals surface area contributed by atoms with Crippen molar-refractivity contribution in [2.75, 3.05) is 4.90 Å². The molecule has 0 radical (unpaired) electrons. The predicted octanol–water partition coefficient (Wildman–Crippen LogP) is 7.09. The van der Waals surface area contributed by atoms with Gasteiger partial charge >= 0.3 is 0 Å². The molecule has 1 saturated heterocycles. The molecule has 1 heteroatoms. The summed E-state index contributed by atoms with van der Waals surface area (Å²) in [5.41, 5.74) is 6.10. The maximum atomic E-state index is 2.75. The van der Waals surface area contributed by atoms with Gasteiger partial charge in [0, 0.05) is 23.2 Å². The number of para-hydroxylation sites is 1. The van der Waals surface area contributed by atoms with Crippen molar-refractivity contribution in [2.45, 2.75) is 84.2 Å². The van der Waals surface area contributed by atoms with Crippen molar-refractivity contribution in [3.05, 3.63) is 65.2 Å². The SMILES string of the molecule is CC(C)c1cccc(C(C)C)c1N1C(C)C(c2ccccc2)CC1(C)C. The summed E-state index contributed by atoms with van der Waals surface area (Å²) in [6.07, 6.45) is 1.20. The average molecular weight is 350 g/mol. The summed E-state index contributed by atoms with van der Waals surface area (Å²) >= 11 is 0. The van der Waals surface area contributed by atoms with E-state index in [-0.39, 0.29) is 5.54 Å². The van der Waals surface area contributed by atoms with Crippen LogP contribution < -0.4 is 4.90 Å². The lowest BCUT2D eigenvalue weighted by Crippen LogP contribution is -2.43. The van der Waals surface area contributed by atoms with Gasteiger partial charge in [0.1, 0.15) is 0 Å². The topological polar surface area (TPSA) is 3.24 Å². The molecule has 1 aliphatic heterocycles. The third kappa shape index (κ3) is 3.29. The van der Waals surface area contributed by atoms with Gasteiger partial charge < -0.3 is 4.90 Å². The highest BCUT2D eigenvalue weighted by atomic mass is 15.3. The first-order chi connectivity index (χ1) is 12.2. The average Bonchev–Trinajstić information content (AvgIpc) is 2.84. The minimum Gasteiger partial charge on any atom is -0.363 e. The van der Waals surface area contributed by atoms with E-state index in [1.165, 1.54) is 28.8 Å². The molecule has 1 heterocycles. The number of hydrogen-bond acceptors (Lipinski definition) is 1. The highest BCUT2D eigenvalue weighted by molar-refractivity contribution is 5.65. The molecular formula is C25H35N. The van der Waals surface area contributed by atoms with Gasteiger partial charge in [-0.25, -0.2) is 0 Å². The first-order valence-electron chi connectivity index (χ1n) is 10.2. The van der Waals surface area contributed by atoms with Crippen LogP contribution in [0.2, 0.25) is 0 Å². The monoisotopic (exact) mass is 349 g/mol. The van der Waals surface area contributed by atoms with Crippen LogP contribution in [-0.2, 0) is 0 Å². The van der Waals surface area contributed by atoms with Gasteiger partial charge in [0.15, 0.2) is 0 Å². The van der Waals surface area contributed by atoms with Crippen LogP contribution in [0.1, 0.15) is 89.3 Å². The van der Waals surface area contributed by atoms with Crippen molar-refractivity contribution in [3.63, 3.8) is 0 Å². The summed E-state index contributed by atoms with van der Waals surface area (Å²) in [5, 5.41) is 0. The van der Waals surface area contributed by atoms with Crippen LogP contribution >= 0.6 is 0 Å².